The average Bonchev–Trinajstić information content (AvgIpc) is 2.23. The Morgan fingerprint density at radius 3 is 2.53 bits per heavy atom. The normalized spacial score (nSPS) is 9.40. The molecule has 0 fully saturated rings. The van der Waals surface area contributed by atoms with Crippen molar-refractivity contribution in [1.82, 2.24) is 0 Å². The fourth-order valence-corrected chi connectivity index (χ4v) is 1.35. The zero-order valence-electron chi connectivity index (χ0n) is 7.99. The summed E-state index contributed by atoms with van der Waals surface area (Å²) in [5.41, 5.74) is 0.926. The highest BCUT2D eigenvalue weighted by Crippen LogP contribution is 2.21. The molecule has 1 aromatic rings. The van der Waals surface area contributed by atoms with E-state index in [4.69, 9.17) is 22.1 Å². The van der Waals surface area contributed by atoms with Gasteiger partial charge in [-0.1, -0.05) is 23.7 Å². The molecule has 0 bridgehead atoms. The van der Waals surface area contributed by atoms with E-state index in [2.05, 4.69) is 0 Å². The molecule has 0 aliphatic heterocycles. The number of halogens is 1. The SMILES string of the molecule is Cc1c(Cl)cccc1C(=O)C(C#N)C#N. The molecule has 3 nitrogen and oxygen atoms in total. The lowest BCUT2D eigenvalue weighted by Gasteiger charge is -2.05. The second-order valence-corrected chi connectivity index (χ2v) is 3.38. The number of ketones is 1. The first-order chi connectivity index (χ1) is 7.11. The van der Waals surface area contributed by atoms with Crippen LogP contribution in [0, 0.1) is 35.5 Å². The van der Waals surface area contributed by atoms with E-state index in [0.29, 0.717) is 16.1 Å². The number of benzene rings is 1. The molecule has 0 amide bonds. The van der Waals surface area contributed by atoms with Crippen molar-refractivity contribution in [3.05, 3.63) is 34.3 Å². The first-order valence-electron chi connectivity index (χ1n) is 4.20. The number of hydrogen-bond acceptors (Lipinski definition) is 3. The van der Waals surface area contributed by atoms with Crippen LogP contribution < -0.4 is 0 Å². The molecule has 0 heterocycles. The third-order valence-corrected chi connectivity index (χ3v) is 2.46. The van der Waals surface area contributed by atoms with Gasteiger partial charge in [-0.2, -0.15) is 10.5 Å². The summed E-state index contributed by atoms with van der Waals surface area (Å²) < 4.78 is 0. The number of carbonyl (C=O) groups excluding carboxylic acids is 1. The number of nitrogens with zero attached hydrogens (tertiary/aromatic N) is 2. The lowest BCUT2D eigenvalue weighted by Crippen LogP contribution is -2.12. The van der Waals surface area contributed by atoms with Gasteiger partial charge in [-0.25, -0.2) is 0 Å². The number of hydrogen-bond donors (Lipinski definition) is 0. The summed E-state index contributed by atoms with van der Waals surface area (Å²) in [7, 11) is 0. The molecule has 1 aromatic carbocycles. The first-order valence-corrected chi connectivity index (χ1v) is 4.58. The molecule has 0 aliphatic carbocycles. The largest absolute Gasteiger partial charge is 0.291 e. The number of rotatable bonds is 2. The van der Waals surface area contributed by atoms with Crippen molar-refractivity contribution in [2.24, 2.45) is 5.92 Å². The van der Waals surface area contributed by atoms with Gasteiger partial charge in [0.1, 0.15) is 0 Å². The van der Waals surface area contributed by atoms with Crippen molar-refractivity contribution in [3.8, 4) is 12.1 Å². The summed E-state index contributed by atoms with van der Waals surface area (Å²) in [6, 6.07) is 8.12. The van der Waals surface area contributed by atoms with Gasteiger partial charge in [0.15, 0.2) is 11.7 Å². The molecule has 0 aromatic heterocycles. The van der Waals surface area contributed by atoms with Crippen LogP contribution in [0.25, 0.3) is 0 Å². The van der Waals surface area contributed by atoms with Crippen LogP contribution in [-0.2, 0) is 0 Å². The van der Waals surface area contributed by atoms with Crippen LogP contribution in [0.15, 0.2) is 18.2 Å². The van der Waals surface area contributed by atoms with E-state index in [0.717, 1.165) is 0 Å². The Kier molecular flexibility index (Phi) is 3.44. The standard InChI is InChI=1S/C11H7ClN2O/c1-7-9(3-2-4-10(7)12)11(15)8(5-13)6-14/h2-4,8H,1H3. The Morgan fingerprint density at radius 1 is 1.40 bits per heavy atom. The molecule has 0 spiro atoms. The highest BCUT2D eigenvalue weighted by atomic mass is 35.5. The zero-order valence-corrected chi connectivity index (χ0v) is 8.75. The number of Topliss-reactive ketones (excluding diaryl/α,β-unsaturated/α-hetero) is 1. The Morgan fingerprint density at radius 2 is 2.00 bits per heavy atom. The Hall–Kier alpha value is -1.84. The molecular weight excluding hydrogens is 212 g/mol. The summed E-state index contributed by atoms with van der Waals surface area (Å²) in [4.78, 5) is 11.7. The van der Waals surface area contributed by atoms with E-state index in [9.17, 15) is 4.79 Å². The first kappa shape index (κ1) is 11.2. The van der Waals surface area contributed by atoms with Crippen LogP contribution in [0.2, 0.25) is 5.02 Å². The summed E-state index contributed by atoms with van der Waals surface area (Å²) in [6.45, 7) is 1.68. The Labute approximate surface area is 92.5 Å². The maximum atomic E-state index is 11.7. The monoisotopic (exact) mass is 218 g/mol. The van der Waals surface area contributed by atoms with Gasteiger partial charge in [0, 0.05) is 10.6 Å². The predicted molar refractivity (Wildman–Crippen MR) is 55.2 cm³/mol. The molecule has 0 saturated heterocycles. The van der Waals surface area contributed by atoms with Gasteiger partial charge in [-0.3, -0.25) is 4.79 Å². The molecule has 0 saturated carbocycles. The van der Waals surface area contributed by atoms with Gasteiger partial charge in [-0.15, -0.1) is 0 Å². The predicted octanol–water partition coefficient (Wildman–Crippen LogP) is 2.49. The average molecular weight is 219 g/mol. The van der Waals surface area contributed by atoms with Crippen LogP contribution in [0.3, 0.4) is 0 Å². The van der Waals surface area contributed by atoms with Crippen LogP contribution in [0.4, 0.5) is 0 Å². The van der Waals surface area contributed by atoms with Crippen LogP contribution in [0.1, 0.15) is 15.9 Å². The fourth-order valence-electron chi connectivity index (χ4n) is 1.18. The molecule has 0 atom stereocenters. The zero-order chi connectivity index (χ0) is 11.4. The molecule has 0 N–H and O–H groups in total. The smallest absolute Gasteiger partial charge is 0.195 e. The molecule has 1 rings (SSSR count). The van der Waals surface area contributed by atoms with E-state index in [1.807, 2.05) is 0 Å². The van der Waals surface area contributed by atoms with E-state index in [1.165, 1.54) is 0 Å². The fraction of sp³-hybridized carbons (Fsp3) is 0.182. The molecule has 74 valence electrons. The van der Waals surface area contributed by atoms with Crippen LogP contribution in [-0.4, -0.2) is 5.78 Å². The van der Waals surface area contributed by atoms with Gasteiger partial charge < -0.3 is 0 Å². The molecule has 0 aliphatic rings. The topological polar surface area (TPSA) is 64.7 Å². The quantitative estimate of drug-likeness (QED) is 0.717. The van der Waals surface area contributed by atoms with Crippen molar-refractivity contribution in [2.75, 3.05) is 0 Å². The highest BCUT2D eigenvalue weighted by molar-refractivity contribution is 6.31. The third kappa shape index (κ3) is 2.15. The van der Waals surface area contributed by atoms with Gasteiger partial charge in [0.2, 0.25) is 0 Å². The van der Waals surface area contributed by atoms with Crippen molar-refractivity contribution in [2.45, 2.75) is 6.92 Å². The van der Waals surface area contributed by atoms with E-state index in [1.54, 1.807) is 37.3 Å². The van der Waals surface area contributed by atoms with Gasteiger partial charge in [0.05, 0.1) is 12.1 Å². The maximum absolute atomic E-state index is 11.7. The Bertz CT molecular complexity index is 468. The van der Waals surface area contributed by atoms with Crippen molar-refractivity contribution < 1.29 is 4.79 Å². The summed E-state index contributed by atoms with van der Waals surface area (Å²) in [5, 5.41) is 17.6. The van der Waals surface area contributed by atoms with Crippen LogP contribution >= 0.6 is 11.6 Å². The van der Waals surface area contributed by atoms with Crippen molar-refractivity contribution in [3.63, 3.8) is 0 Å². The molecule has 0 unspecified atom stereocenters. The lowest BCUT2D eigenvalue weighted by molar-refractivity contribution is 0.0970. The summed E-state index contributed by atoms with van der Waals surface area (Å²) in [6.07, 6.45) is 0. The molecule has 15 heavy (non-hydrogen) atoms. The minimum absolute atomic E-state index is 0.329. The van der Waals surface area contributed by atoms with E-state index in [-0.39, 0.29) is 0 Å². The van der Waals surface area contributed by atoms with Crippen molar-refractivity contribution in [1.29, 1.82) is 10.5 Å². The van der Waals surface area contributed by atoms with Gasteiger partial charge in [-0.05, 0) is 18.6 Å². The number of carbonyl (C=O) groups is 1. The second-order valence-electron chi connectivity index (χ2n) is 2.97. The summed E-state index contributed by atoms with van der Waals surface area (Å²) in [5.74, 6) is -1.76. The minimum Gasteiger partial charge on any atom is -0.291 e. The second kappa shape index (κ2) is 4.59. The Balaban J connectivity index is 3.20. The van der Waals surface area contributed by atoms with Crippen LogP contribution in [0.5, 0.6) is 0 Å². The lowest BCUT2D eigenvalue weighted by atomic mass is 9.96. The number of nitriles is 2. The minimum atomic E-state index is -1.26. The van der Waals surface area contributed by atoms with E-state index >= 15 is 0 Å². The maximum Gasteiger partial charge on any atom is 0.195 e. The van der Waals surface area contributed by atoms with Gasteiger partial charge in [0.25, 0.3) is 0 Å². The molecule has 0 radical (unpaired) electrons. The molecular formula is C11H7ClN2O. The van der Waals surface area contributed by atoms with Crippen molar-refractivity contribution >= 4 is 17.4 Å². The van der Waals surface area contributed by atoms with E-state index < -0.39 is 11.7 Å². The van der Waals surface area contributed by atoms with Gasteiger partial charge >= 0.3 is 0 Å². The highest BCUT2D eigenvalue weighted by Gasteiger charge is 2.21. The third-order valence-electron chi connectivity index (χ3n) is 2.05. The summed E-state index contributed by atoms with van der Waals surface area (Å²) >= 11 is 5.83. The molecule has 4 heteroatoms.